The topological polar surface area (TPSA) is 0 Å². The summed E-state index contributed by atoms with van der Waals surface area (Å²) in [6.07, 6.45) is 12.4. The first-order chi connectivity index (χ1) is 6.70. The summed E-state index contributed by atoms with van der Waals surface area (Å²) >= 11 is 14.4. The molecule has 0 aromatic heterocycles. The highest BCUT2D eigenvalue weighted by molar-refractivity contribution is 6.63. The third kappa shape index (κ3) is 5.09. The van der Waals surface area contributed by atoms with E-state index in [0.29, 0.717) is 0 Å². The summed E-state index contributed by atoms with van der Waals surface area (Å²) in [4.78, 5) is 0. The van der Waals surface area contributed by atoms with Gasteiger partial charge in [0.05, 0.1) is 0 Å². The maximum atomic E-state index is 4.81. The summed E-state index contributed by atoms with van der Waals surface area (Å²) in [5, 5.41) is 0. The molecular formula is C11H19Cl3. The Kier molecular flexibility index (Phi) is 6.65. The van der Waals surface area contributed by atoms with Crippen LogP contribution >= 0.6 is 34.8 Å². The zero-order valence-electron chi connectivity index (χ0n) is 8.52. The van der Waals surface area contributed by atoms with Gasteiger partial charge in [-0.25, -0.2) is 0 Å². The molecule has 2 aliphatic rings. The van der Waals surface area contributed by atoms with Crippen molar-refractivity contribution in [3.8, 4) is 0 Å². The molecule has 0 bridgehead atoms. The number of hydrogen-bond donors (Lipinski definition) is 0. The lowest BCUT2D eigenvalue weighted by Gasteiger charge is -2.35. The first kappa shape index (κ1) is 12.9. The lowest BCUT2D eigenvalue weighted by molar-refractivity contribution is 0.171. The molecular weight excluding hydrogens is 238 g/mol. The molecule has 0 amide bonds. The van der Waals surface area contributed by atoms with Gasteiger partial charge in [0.2, 0.25) is 0 Å². The molecule has 0 atom stereocenters. The zero-order chi connectivity index (χ0) is 10.4. The molecule has 3 heteroatoms. The van der Waals surface area contributed by atoms with Gasteiger partial charge in [-0.3, -0.25) is 0 Å². The van der Waals surface area contributed by atoms with Gasteiger partial charge in [0.15, 0.2) is 4.30 Å². The lowest BCUT2D eigenvalue weighted by Crippen LogP contribution is -2.22. The highest BCUT2D eigenvalue weighted by Crippen LogP contribution is 2.39. The molecule has 2 fully saturated rings. The summed E-state index contributed by atoms with van der Waals surface area (Å²) in [5.41, 5.74) is 0. The van der Waals surface area contributed by atoms with E-state index < -0.39 is 4.30 Å². The molecule has 14 heavy (non-hydrogen) atoms. The Labute approximate surface area is 102 Å². The second kappa shape index (κ2) is 7.19. The van der Waals surface area contributed by atoms with Gasteiger partial charge in [0.25, 0.3) is 0 Å². The van der Waals surface area contributed by atoms with Crippen LogP contribution in [0.4, 0.5) is 0 Å². The average molecular weight is 258 g/mol. The first-order valence-electron chi connectivity index (χ1n) is 5.62. The fourth-order valence-electron chi connectivity index (χ4n) is 2.86. The minimum atomic E-state index is -0.750. The number of halogens is 3. The quantitative estimate of drug-likeness (QED) is 0.513. The third-order valence-corrected chi connectivity index (χ3v) is 3.47. The van der Waals surface area contributed by atoms with Crippen LogP contribution in [0.2, 0.25) is 0 Å². The van der Waals surface area contributed by atoms with Crippen LogP contribution in [0.3, 0.4) is 0 Å². The van der Waals surface area contributed by atoms with Crippen molar-refractivity contribution in [3.63, 3.8) is 0 Å². The van der Waals surface area contributed by atoms with Crippen LogP contribution in [0.15, 0.2) is 0 Å². The molecule has 0 aromatic rings. The molecule has 0 spiro atoms. The van der Waals surface area contributed by atoms with E-state index in [1.807, 2.05) is 0 Å². The fourth-order valence-corrected chi connectivity index (χ4v) is 2.86. The van der Waals surface area contributed by atoms with E-state index >= 15 is 0 Å². The van der Waals surface area contributed by atoms with Crippen molar-refractivity contribution in [2.75, 3.05) is 0 Å². The maximum Gasteiger partial charge on any atom is 0.180 e. The molecule has 0 nitrogen and oxygen atoms in total. The second-order valence-corrected chi connectivity index (χ2v) is 6.32. The smallest absolute Gasteiger partial charge is 0.0874 e. The molecule has 2 rings (SSSR count). The molecule has 0 N–H and O–H groups in total. The van der Waals surface area contributed by atoms with Crippen molar-refractivity contribution in [2.45, 2.75) is 55.7 Å². The maximum absolute atomic E-state index is 4.81. The van der Waals surface area contributed by atoms with Crippen LogP contribution in [0, 0.1) is 11.8 Å². The standard InChI is InChI=1S/C10H18.CHCl3/c1-2-6-10-8-4-3-7-9(10)5-1;2-1(3)4/h9-10H,1-8H2;1H. The van der Waals surface area contributed by atoms with E-state index in [0.717, 1.165) is 11.8 Å². The van der Waals surface area contributed by atoms with Crippen LogP contribution in [-0.4, -0.2) is 4.30 Å². The molecule has 0 aliphatic heterocycles. The monoisotopic (exact) mass is 256 g/mol. The van der Waals surface area contributed by atoms with E-state index in [1.165, 1.54) is 25.7 Å². The predicted octanol–water partition coefficient (Wildman–Crippen LogP) is 5.35. The molecule has 2 saturated carbocycles. The van der Waals surface area contributed by atoms with E-state index in [2.05, 4.69) is 0 Å². The van der Waals surface area contributed by atoms with Gasteiger partial charge in [-0.1, -0.05) is 86.2 Å². The Hall–Kier alpha value is 0.870. The van der Waals surface area contributed by atoms with Crippen LogP contribution in [0.25, 0.3) is 0 Å². The highest BCUT2D eigenvalue weighted by atomic mass is 35.6. The Morgan fingerprint density at radius 3 is 1.07 bits per heavy atom. The van der Waals surface area contributed by atoms with Crippen LogP contribution in [-0.2, 0) is 0 Å². The molecule has 2 aliphatic carbocycles. The van der Waals surface area contributed by atoms with Crippen LogP contribution in [0.1, 0.15) is 51.4 Å². The Morgan fingerprint density at radius 1 is 0.643 bits per heavy atom. The van der Waals surface area contributed by atoms with E-state index in [4.69, 9.17) is 34.8 Å². The Balaban J connectivity index is 0.000000213. The summed E-state index contributed by atoms with van der Waals surface area (Å²) in [6.45, 7) is 0. The van der Waals surface area contributed by atoms with Crippen molar-refractivity contribution in [1.29, 1.82) is 0 Å². The summed E-state index contributed by atoms with van der Waals surface area (Å²) in [7, 11) is 0. The molecule has 0 radical (unpaired) electrons. The second-order valence-electron chi connectivity index (χ2n) is 4.34. The summed E-state index contributed by atoms with van der Waals surface area (Å²) in [5.74, 6) is 2.31. The number of fused-ring (bicyclic) bond motifs is 1. The van der Waals surface area contributed by atoms with Crippen molar-refractivity contribution in [1.82, 2.24) is 0 Å². The van der Waals surface area contributed by atoms with Gasteiger partial charge in [-0.05, 0) is 11.8 Å². The zero-order valence-corrected chi connectivity index (χ0v) is 10.8. The Bertz CT molecular complexity index is 119. The highest BCUT2D eigenvalue weighted by Gasteiger charge is 2.26. The average Bonchev–Trinajstić information content (AvgIpc) is 2.17. The summed E-state index contributed by atoms with van der Waals surface area (Å²) < 4.78 is -0.750. The molecule has 0 saturated heterocycles. The SMILES string of the molecule is C1CCC2CCCCC2C1.ClC(Cl)Cl. The third-order valence-electron chi connectivity index (χ3n) is 3.47. The number of rotatable bonds is 0. The van der Waals surface area contributed by atoms with Gasteiger partial charge in [-0.15, -0.1) is 0 Å². The predicted molar refractivity (Wildman–Crippen MR) is 65.3 cm³/mol. The first-order valence-corrected chi connectivity index (χ1v) is 6.93. The minimum absolute atomic E-state index is 0.750. The van der Waals surface area contributed by atoms with Gasteiger partial charge in [0.1, 0.15) is 0 Å². The van der Waals surface area contributed by atoms with Gasteiger partial charge < -0.3 is 0 Å². The van der Waals surface area contributed by atoms with E-state index in [-0.39, 0.29) is 0 Å². The molecule has 0 unspecified atom stereocenters. The van der Waals surface area contributed by atoms with Crippen molar-refractivity contribution in [3.05, 3.63) is 0 Å². The van der Waals surface area contributed by atoms with Crippen LogP contribution < -0.4 is 0 Å². The number of hydrogen-bond acceptors (Lipinski definition) is 0. The summed E-state index contributed by atoms with van der Waals surface area (Å²) in [6, 6.07) is 0. The van der Waals surface area contributed by atoms with Gasteiger partial charge in [0, 0.05) is 0 Å². The molecule has 0 heterocycles. The van der Waals surface area contributed by atoms with E-state index in [9.17, 15) is 0 Å². The minimum Gasteiger partial charge on any atom is -0.0874 e. The fraction of sp³-hybridized carbons (Fsp3) is 1.00. The van der Waals surface area contributed by atoms with Gasteiger partial charge in [-0.2, -0.15) is 0 Å². The molecule has 0 aromatic carbocycles. The van der Waals surface area contributed by atoms with Crippen LogP contribution in [0.5, 0.6) is 0 Å². The molecule has 84 valence electrons. The number of alkyl halides is 3. The normalized spacial score (nSPS) is 31.7. The van der Waals surface area contributed by atoms with E-state index in [1.54, 1.807) is 25.7 Å². The van der Waals surface area contributed by atoms with Crippen molar-refractivity contribution >= 4 is 34.8 Å². The lowest BCUT2D eigenvalue weighted by atomic mass is 9.71. The largest absolute Gasteiger partial charge is 0.180 e. The van der Waals surface area contributed by atoms with Gasteiger partial charge >= 0.3 is 0 Å². The van der Waals surface area contributed by atoms with Crippen molar-refractivity contribution < 1.29 is 0 Å². The Morgan fingerprint density at radius 2 is 0.857 bits per heavy atom. The van der Waals surface area contributed by atoms with Crippen molar-refractivity contribution in [2.24, 2.45) is 11.8 Å².